The highest BCUT2D eigenvalue weighted by atomic mass is 32.2. The lowest BCUT2D eigenvalue weighted by atomic mass is 11.0. The Balaban J connectivity index is 2.76. The molecule has 1 heterocycles. The summed E-state index contributed by atoms with van der Waals surface area (Å²) in [7, 11) is 0. The average Bonchev–Trinajstić information content (AvgIpc) is 2.14. The van der Waals surface area contributed by atoms with Crippen molar-refractivity contribution in [3.63, 3.8) is 0 Å². The third kappa shape index (κ3) is 0.928. The van der Waals surface area contributed by atoms with Gasteiger partial charge in [0.1, 0.15) is 17.2 Å². The van der Waals surface area contributed by atoms with Crippen LogP contribution in [0, 0.1) is 0 Å². The summed E-state index contributed by atoms with van der Waals surface area (Å²) in [6.45, 7) is 0. The fourth-order valence-electron chi connectivity index (χ4n) is 0.289. The van der Waals surface area contributed by atoms with Crippen LogP contribution in [0.15, 0.2) is 17.6 Å². The van der Waals surface area contributed by atoms with Crippen molar-refractivity contribution in [2.24, 2.45) is 0 Å². The molecular formula is C3H3FN2S. The predicted octanol–water partition coefficient (Wildman–Crippen LogP) is 1.39. The number of imidazole rings is 1. The van der Waals surface area contributed by atoms with Crippen LogP contribution in [0.5, 0.6) is 0 Å². The van der Waals surface area contributed by atoms with Crippen LogP contribution in [-0.2, 0) is 0 Å². The van der Waals surface area contributed by atoms with E-state index in [1.54, 1.807) is 0 Å². The summed E-state index contributed by atoms with van der Waals surface area (Å²) in [6, 6.07) is 0. The first-order valence-electron chi connectivity index (χ1n) is 1.71. The molecule has 7 heavy (non-hydrogen) atoms. The van der Waals surface area contributed by atoms with Gasteiger partial charge in [-0.2, -0.15) is 3.89 Å². The highest BCUT2D eigenvalue weighted by Crippen LogP contribution is 2.12. The molecule has 1 aromatic rings. The molecule has 1 aromatic heterocycles. The van der Waals surface area contributed by atoms with Gasteiger partial charge in [0, 0.05) is 6.20 Å². The van der Waals surface area contributed by atoms with Crippen molar-refractivity contribution in [3.05, 3.63) is 12.5 Å². The number of H-pyrrole nitrogens is 1. The van der Waals surface area contributed by atoms with Crippen LogP contribution in [0.25, 0.3) is 0 Å². The monoisotopic (exact) mass is 118 g/mol. The minimum Gasteiger partial charge on any atom is -0.350 e. The third-order valence-electron chi connectivity index (χ3n) is 0.552. The average molecular weight is 118 g/mol. The van der Waals surface area contributed by atoms with Crippen molar-refractivity contribution < 1.29 is 3.89 Å². The minimum atomic E-state index is 0.133. The molecule has 4 heteroatoms. The molecule has 1 rings (SSSR count). The van der Waals surface area contributed by atoms with E-state index in [4.69, 9.17) is 0 Å². The predicted molar refractivity (Wildman–Crippen MR) is 25.6 cm³/mol. The summed E-state index contributed by atoms with van der Waals surface area (Å²) in [4.78, 5) is 6.18. The molecule has 38 valence electrons. The zero-order valence-electron chi connectivity index (χ0n) is 3.39. The summed E-state index contributed by atoms with van der Waals surface area (Å²) >= 11 is 0.133. The van der Waals surface area contributed by atoms with E-state index in [0.717, 1.165) is 0 Å². The number of nitrogens with zero attached hydrogens (tertiary/aromatic N) is 1. The first-order chi connectivity index (χ1) is 3.43. The second kappa shape index (κ2) is 1.97. The van der Waals surface area contributed by atoms with Crippen molar-refractivity contribution in [1.29, 1.82) is 0 Å². The number of hydrogen-bond donors (Lipinski definition) is 1. The van der Waals surface area contributed by atoms with Gasteiger partial charge < -0.3 is 4.98 Å². The summed E-state index contributed by atoms with van der Waals surface area (Å²) in [5, 5.41) is 0.375. The van der Waals surface area contributed by atoms with Crippen molar-refractivity contribution in [2.45, 2.75) is 5.03 Å². The molecule has 1 N–H and O–H groups in total. The lowest BCUT2D eigenvalue weighted by Crippen LogP contribution is -1.56. The Morgan fingerprint density at radius 1 is 1.86 bits per heavy atom. The van der Waals surface area contributed by atoms with Gasteiger partial charge in [-0.25, -0.2) is 4.98 Å². The van der Waals surface area contributed by atoms with E-state index in [9.17, 15) is 3.89 Å². The number of rotatable bonds is 1. The van der Waals surface area contributed by atoms with E-state index in [0.29, 0.717) is 5.03 Å². The number of aromatic nitrogens is 2. The second-order valence-corrected chi connectivity index (χ2v) is 1.56. The molecular weight excluding hydrogens is 115 g/mol. The minimum absolute atomic E-state index is 0.133. The Hall–Kier alpha value is -0.510. The molecule has 0 unspecified atom stereocenters. The highest BCUT2D eigenvalue weighted by Gasteiger charge is 1.88. The van der Waals surface area contributed by atoms with Crippen molar-refractivity contribution in [2.75, 3.05) is 0 Å². The van der Waals surface area contributed by atoms with E-state index < -0.39 is 0 Å². The maximum absolute atomic E-state index is 11.4. The van der Waals surface area contributed by atoms with Crippen LogP contribution in [-0.4, -0.2) is 9.97 Å². The first kappa shape index (κ1) is 4.64. The fraction of sp³-hybridized carbons (Fsp3) is 0. The highest BCUT2D eigenvalue weighted by molar-refractivity contribution is 7.94. The van der Waals surface area contributed by atoms with Gasteiger partial charge >= 0.3 is 0 Å². The van der Waals surface area contributed by atoms with Crippen molar-refractivity contribution in [3.8, 4) is 0 Å². The van der Waals surface area contributed by atoms with Gasteiger partial charge in [0.25, 0.3) is 0 Å². The number of hydrogen-bond acceptors (Lipinski definition) is 2. The molecule has 0 radical (unpaired) electrons. The summed E-state index contributed by atoms with van der Waals surface area (Å²) in [5.74, 6) is 0. The Bertz CT molecular complexity index is 127. The third-order valence-corrected chi connectivity index (χ3v) is 0.934. The molecule has 0 aliphatic rings. The maximum Gasteiger partial charge on any atom is 0.146 e. The zero-order chi connectivity index (χ0) is 5.11. The summed E-state index contributed by atoms with van der Waals surface area (Å²) < 4.78 is 11.4. The van der Waals surface area contributed by atoms with Gasteiger partial charge in [-0.05, 0) is 0 Å². The lowest BCUT2D eigenvalue weighted by Gasteiger charge is -1.71. The number of aromatic amines is 1. The molecule has 0 atom stereocenters. The van der Waals surface area contributed by atoms with E-state index in [-0.39, 0.29) is 12.1 Å². The van der Waals surface area contributed by atoms with E-state index in [2.05, 4.69) is 9.97 Å². The van der Waals surface area contributed by atoms with Gasteiger partial charge in [0.15, 0.2) is 0 Å². The number of halogens is 1. The summed E-state index contributed by atoms with van der Waals surface area (Å²) in [5.41, 5.74) is 0. The van der Waals surface area contributed by atoms with Gasteiger partial charge in [-0.15, -0.1) is 0 Å². The molecule has 0 saturated heterocycles. The van der Waals surface area contributed by atoms with Crippen LogP contribution in [0.4, 0.5) is 3.89 Å². The Morgan fingerprint density at radius 3 is 3.00 bits per heavy atom. The molecule has 0 saturated carbocycles. The Morgan fingerprint density at radius 2 is 2.71 bits per heavy atom. The van der Waals surface area contributed by atoms with Crippen LogP contribution in [0.1, 0.15) is 0 Å². The molecule has 0 aliphatic heterocycles. The van der Waals surface area contributed by atoms with Crippen molar-refractivity contribution >= 4 is 12.1 Å². The molecule has 0 bridgehead atoms. The second-order valence-electron chi connectivity index (χ2n) is 0.985. The molecule has 0 fully saturated rings. The topological polar surface area (TPSA) is 28.7 Å². The molecule has 2 nitrogen and oxygen atoms in total. The van der Waals surface area contributed by atoms with Crippen LogP contribution in [0.3, 0.4) is 0 Å². The van der Waals surface area contributed by atoms with Crippen molar-refractivity contribution in [1.82, 2.24) is 9.97 Å². The normalized spacial score (nSPS) is 9.29. The van der Waals surface area contributed by atoms with Gasteiger partial charge in [-0.1, -0.05) is 0 Å². The maximum atomic E-state index is 11.4. The van der Waals surface area contributed by atoms with Gasteiger partial charge in [0.05, 0.1) is 6.33 Å². The van der Waals surface area contributed by atoms with Crippen LogP contribution >= 0.6 is 12.1 Å². The molecule has 0 aliphatic carbocycles. The molecule has 0 spiro atoms. The Labute approximate surface area is 44.4 Å². The van der Waals surface area contributed by atoms with E-state index in [1.165, 1.54) is 12.5 Å². The van der Waals surface area contributed by atoms with Gasteiger partial charge in [0.2, 0.25) is 0 Å². The van der Waals surface area contributed by atoms with Gasteiger partial charge in [-0.3, -0.25) is 0 Å². The zero-order valence-corrected chi connectivity index (χ0v) is 4.20. The van der Waals surface area contributed by atoms with Crippen LogP contribution in [0.2, 0.25) is 0 Å². The quantitative estimate of drug-likeness (QED) is 0.603. The standard InChI is InChI=1S/C3H3FN2S/c4-7-3-1-5-2-6-3/h1-2H,(H,5,6). The molecule has 0 aromatic carbocycles. The Kier molecular flexibility index (Phi) is 1.31. The molecule has 0 amide bonds. The smallest absolute Gasteiger partial charge is 0.146 e. The SMILES string of the molecule is FSc1c[nH]cn1. The number of nitrogens with one attached hydrogen (secondary N) is 1. The summed E-state index contributed by atoms with van der Waals surface area (Å²) in [6.07, 6.45) is 2.92. The van der Waals surface area contributed by atoms with Crippen LogP contribution < -0.4 is 0 Å². The first-order valence-corrected chi connectivity index (χ1v) is 2.42. The largest absolute Gasteiger partial charge is 0.350 e. The van der Waals surface area contributed by atoms with E-state index in [1.807, 2.05) is 0 Å². The fourth-order valence-corrected chi connectivity index (χ4v) is 0.494. The van der Waals surface area contributed by atoms with E-state index >= 15 is 0 Å². The lowest BCUT2D eigenvalue weighted by molar-refractivity contribution is 0.924.